The van der Waals surface area contributed by atoms with Crippen molar-refractivity contribution in [3.8, 4) is 0 Å². The number of halogens is 1. The van der Waals surface area contributed by atoms with Crippen molar-refractivity contribution in [2.24, 2.45) is 0 Å². The van der Waals surface area contributed by atoms with Crippen molar-refractivity contribution in [2.75, 3.05) is 13.1 Å². The number of amides is 2. The van der Waals surface area contributed by atoms with Crippen LogP contribution in [0.3, 0.4) is 0 Å². The molecule has 114 valence electrons. The van der Waals surface area contributed by atoms with Crippen LogP contribution in [0.25, 0.3) is 0 Å². The maximum Gasteiger partial charge on any atom is 0.256 e. The number of carbonyl (C=O) groups is 2. The summed E-state index contributed by atoms with van der Waals surface area (Å²) in [4.78, 5) is 25.5. The molecule has 1 heterocycles. The first-order valence-corrected chi connectivity index (χ1v) is 7.45. The number of piperidine rings is 1. The maximum absolute atomic E-state index is 13.6. The lowest BCUT2D eigenvalue weighted by Gasteiger charge is -2.32. The van der Waals surface area contributed by atoms with Crippen LogP contribution in [0.2, 0.25) is 0 Å². The molecule has 1 aromatic rings. The van der Waals surface area contributed by atoms with Crippen LogP contribution in [0, 0.1) is 5.82 Å². The zero-order valence-corrected chi connectivity index (χ0v) is 12.3. The Kier molecular flexibility index (Phi) is 5.31. The highest BCUT2D eigenvalue weighted by atomic mass is 19.1. The van der Waals surface area contributed by atoms with E-state index in [1.165, 1.54) is 12.1 Å². The fourth-order valence-corrected chi connectivity index (χ4v) is 2.56. The predicted octanol–water partition coefficient (Wildman–Crippen LogP) is 2.35. The molecule has 0 bridgehead atoms. The first-order chi connectivity index (χ1) is 10.1. The molecular formula is C16H21FN2O2. The van der Waals surface area contributed by atoms with E-state index >= 15 is 0 Å². The summed E-state index contributed by atoms with van der Waals surface area (Å²) in [5, 5.41) is 2.98. The fraction of sp³-hybridized carbons (Fsp3) is 0.500. The Morgan fingerprint density at radius 2 is 1.95 bits per heavy atom. The second-order valence-electron chi connectivity index (χ2n) is 5.36. The summed E-state index contributed by atoms with van der Waals surface area (Å²) in [6, 6.07) is 6.15. The maximum atomic E-state index is 13.6. The van der Waals surface area contributed by atoms with Gasteiger partial charge in [-0.2, -0.15) is 0 Å². The lowest BCUT2D eigenvalue weighted by molar-refractivity contribution is -0.122. The third-order valence-corrected chi connectivity index (χ3v) is 3.73. The Morgan fingerprint density at radius 3 is 2.57 bits per heavy atom. The minimum absolute atomic E-state index is 0.0661. The Labute approximate surface area is 124 Å². The Balaban J connectivity index is 1.88. The number of hydrogen-bond acceptors (Lipinski definition) is 2. The highest BCUT2D eigenvalue weighted by molar-refractivity contribution is 5.94. The first kappa shape index (κ1) is 15.5. The van der Waals surface area contributed by atoms with Gasteiger partial charge >= 0.3 is 0 Å². The number of benzene rings is 1. The molecule has 0 atom stereocenters. The van der Waals surface area contributed by atoms with Crippen LogP contribution in [-0.4, -0.2) is 35.8 Å². The molecule has 0 aromatic heterocycles. The van der Waals surface area contributed by atoms with Gasteiger partial charge in [0.1, 0.15) is 5.82 Å². The van der Waals surface area contributed by atoms with Gasteiger partial charge in [0.05, 0.1) is 5.56 Å². The highest BCUT2D eigenvalue weighted by Gasteiger charge is 2.25. The van der Waals surface area contributed by atoms with Crippen molar-refractivity contribution in [1.82, 2.24) is 10.2 Å². The summed E-state index contributed by atoms with van der Waals surface area (Å²) >= 11 is 0. The van der Waals surface area contributed by atoms with E-state index in [0.29, 0.717) is 19.5 Å². The molecule has 0 spiro atoms. The van der Waals surface area contributed by atoms with Gasteiger partial charge < -0.3 is 10.2 Å². The number of rotatable bonds is 4. The van der Waals surface area contributed by atoms with Gasteiger partial charge in [0.15, 0.2) is 0 Å². The number of hydrogen-bond donors (Lipinski definition) is 1. The van der Waals surface area contributed by atoms with E-state index in [0.717, 1.165) is 19.3 Å². The number of likely N-dealkylation sites (tertiary alicyclic amines) is 1. The van der Waals surface area contributed by atoms with Crippen molar-refractivity contribution in [3.05, 3.63) is 35.6 Å². The average molecular weight is 292 g/mol. The summed E-state index contributed by atoms with van der Waals surface area (Å²) in [7, 11) is 0. The van der Waals surface area contributed by atoms with Crippen molar-refractivity contribution < 1.29 is 14.0 Å². The standard InChI is InChI=1S/C16H21FN2O2/c1-2-5-15(20)18-12-8-10-19(11-9-12)16(21)13-6-3-4-7-14(13)17/h3-4,6-7,12H,2,5,8-11H2,1H3,(H,18,20). The summed E-state index contributed by atoms with van der Waals surface area (Å²) < 4.78 is 13.6. The Morgan fingerprint density at radius 1 is 1.29 bits per heavy atom. The summed E-state index contributed by atoms with van der Waals surface area (Å²) in [5.74, 6) is -0.691. The molecular weight excluding hydrogens is 271 g/mol. The summed E-state index contributed by atoms with van der Waals surface area (Å²) in [6.45, 7) is 3.06. The van der Waals surface area contributed by atoms with E-state index in [1.807, 2.05) is 6.92 Å². The molecule has 2 rings (SSSR count). The number of carbonyl (C=O) groups excluding carboxylic acids is 2. The molecule has 1 aliphatic rings. The van der Waals surface area contributed by atoms with Crippen molar-refractivity contribution in [1.29, 1.82) is 0 Å². The van der Waals surface area contributed by atoms with Gasteiger partial charge in [0.2, 0.25) is 5.91 Å². The minimum atomic E-state index is -0.485. The predicted molar refractivity (Wildman–Crippen MR) is 78.4 cm³/mol. The number of nitrogens with zero attached hydrogens (tertiary/aromatic N) is 1. The normalized spacial score (nSPS) is 15.8. The van der Waals surface area contributed by atoms with Gasteiger partial charge in [-0.05, 0) is 31.4 Å². The van der Waals surface area contributed by atoms with Gasteiger partial charge in [0, 0.05) is 25.6 Å². The second-order valence-corrected chi connectivity index (χ2v) is 5.36. The number of nitrogens with one attached hydrogen (secondary N) is 1. The molecule has 1 N–H and O–H groups in total. The van der Waals surface area contributed by atoms with Crippen LogP contribution >= 0.6 is 0 Å². The van der Waals surface area contributed by atoms with Gasteiger partial charge in [0.25, 0.3) is 5.91 Å². The Bertz CT molecular complexity index is 511. The van der Waals surface area contributed by atoms with Crippen LogP contribution < -0.4 is 5.32 Å². The van der Waals surface area contributed by atoms with E-state index in [2.05, 4.69) is 5.32 Å². The van der Waals surface area contributed by atoms with Crippen molar-refractivity contribution >= 4 is 11.8 Å². The van der Waals surface area contributed by atoms with Crippen LogP contribution in [0.15, 0.2) is 24.3 Å². The van der Waals surface area contributed by atoms with Crippen LogP contribution in [0.5, 0.6) is 0 Å². The van der Waals surface area contributed by atoms with E-state index in [9.17, 15) is 14.0 Å². The molecule has 1 aliphatic heterocycles. The van der Waals surface area contributed by atoms with Gasteiger partial charge in [-0.3, -0.25) is 9.59 Å². The molecule has 5 heteroatoms. The lowest BCUT2D eigenvalue weighted by Crippen LogP contribution is -2.46. The van der Waals surface area contributed by atoms with Crippen molar-refractivity contribution in [3.63, 3.8) is 0 Å². The molecule has 0 saturated carbocycles. The van der Waals surface area contributed by atoms with E-state index in [-0.39, 0.29) is 23.4 Å². The van der Waals surface area contributed by atoms with Crippen molar-refractivity contribution in [2.45, 2.75) is 38.6 Å². The molecule has 1 aromatic carbocycles. The second kappa shape index (κ2) is 7.20. The zero-order valence-electron chi connectivity index (χ0n) is 12.3. The lowest BCUT2D eigenvalue weighted by atomic mass is 10.0. The molecule has 0 radical (unpaired) electrons. The molecule has 4 nitrogen and oxygen atoms in total. The van der Waals surface area contributed by atoms with Crippen LogP contribution in [0.4, 0.5) is 4.39 Å². The van der Waals surface area contributed by atoms with E-state index in [4.69, 9.17) is 0 Å². The third-order valence-electron chi connectivity index (χ3n) is 3.73. The minimum Gasteiger partial charge on any atom is -0.353 e. The first-order valence-electron chi connectivity index (χ1n) is 7.45. The summed E-state index contributed by atoms with van der Waals surface area (Å²) in [5.41, 5.74) is 0.117. The third kappa shape index (κ3) is 4.03. The smallest absolute Gasteiger partial charge is 0.256 e. The fourth-order valence-electron chi connectivity index (χ4n) is 2.56. The highest BCUT2D eigenvalue weighted by Crippen LogP contribution is 2.16. The monoisotopic (exact) mass is 292 g/mol. The van der Waals surface area contributed by atoms with Crippen LogP contribution in [-0.2, 0) is 4.79 Å². The molecule has 1 fully saturated rings. The molecule has 2 amide bonds. The quantitative estimate of drug-likeness (QED) is 0.926. The largest absolute Gasteiger partial charge is 0.353 e. The summed E-state index contributed by atoms with van der Waals surface area (Å²) in [6.07, 6.45) is 2.80. The molecule has 21 heavy (non-hydrogen) atoms. The average Bonchev–Trinajstić information content (AvgIpc) is 2.48. The zero-order chi connectivity index (χ0) is 15.2. The Hall–Kier alpha value is -1.91. The van der Waals surface area contributed by atoms with Gasteiger partial charge in [-0.15, -0.1) is 0 Å². The van der Waals surface area contributed by atoms with Gasteiger partial charge in [-0.25, -0.2) is 4.39 Å². The van der Waals surface area contributed by atoms with Crippen LogP contribution in [0.1, 0.15) is 43.0 Å². The molecule has 1 saturated heterocycles. The molecule has 0 aliphatic carbocycles. The van der Waals surface area contributed by atoms with E-state index in [1.54, 1.807) is 17.0 Å². The van der Waals surface area contributed by atoms with E-state index < -0.39 is 5.82 Å². The molecule has 0 unspecified atom stereocenters. The SMILES string of the molecule is CCCC(=O)NC1CCN(C(=O)c2ccccc2F)CC1. The topological polar surface area (TPSA) is 49.4 Å². The van der Waals surface area contributed by atoms with Gasteiger partial charge in [-0.1, -0.05) is 19.1 Å².